The van der Waals surface area contributed by atoms with Gasteiger partial charge in [-0.1, -0.05) is 12.1 Å². The number of aromatic nitrogens is 3. The monoisotopic (exact) mass is 459 g/mol. The van der Waals surface area contributed by atoms with Crippen molar-refractivity contribution in [1.29, 1.82) is 0 Å². The first-order chi connectivity index (χ1) is 15.4. The third-order valence-corrected chi connectivity index (χ3v) is 6.63. The standard InChI is InChI=1S/C21H25N5O5S/c1-10-16(20-25-12-4-2-3-5-14(12)32-20)19(26-21(23-10)22-7-6-15(28)29)24-13-8-11(9-27)17(30)18(13)31/h2-5,11,13,17-18,27,30-31H,6-9H2,1H3,(H,28,29)(H2,22,23,24,26). The molecule has 1 fully saturated rings. The number of aliphatic carboxylic acids is 1. The number of aliphatic hydroxyl groups is 3. The number of carbonyl (C=O) groups is 1. The second kappa shape index (κ2) is 9.33. The van der Waals surface area contributed by atoms with E-state index in [1.54, 1.807) is 0 Å². The normalized spacial score (nSPS) is 22.9. The zero-order valence-corrected chi connectivity index (χ0v) is 18.2. The SMILES string of the molecule is Cc1nc(NCCC(=O)O)nc(NC2CC(CO)C(O)C2O)c1-c1nc2ccccc2s1. The molecule has 0 radical (unpaired) electrons. The summed E-state index contributed by atoms with van der Waals surface area (Å²) in [5, 5.41) is 45.9. The van der Waals surface area contributed by atoms with Crippen LogP contribution in [-0.4, -0.2) is 72.7 Å². The van der Waals surface area contributed by atoms with Crippen LogP contribution >= 0.6 is 11.3 Å². The minimum atomic E-state index is -1.07. The molecule has 2 heterocycles. The summed E-state index contributed by atoms with van der Waals surface area (Å²) in [6.07, 6.45) is -1.84. The molecule has 11 heteroatoms. The van der Waals surface area contributed by atoms with Gasteiger partial charge in [-0.15, -0.1) is 11.3 Å². The van der Waals surface area contributed by atoms with E-state index in [4.69, 9.17) is 10.1 Å². The molecule has 0 spiro atoms. The predicted molar refractivity (Wildman–Crippen MR) is 121 cm³/mol. The number of aryl methyl sites for hydroxylation is 1. The maximum absolute atomic E-state index is 10.8. The van der Waals surface area contributed by atoms with Gasteiger partial charge in [-0.05, 0) is 25.5 Å². The Morgan fingerprint density at radius 1 is 1.19 bits per heavy atom. The second-order valence-electron chi connectivity index (χ2n) is 7.82. The van der Waals surface area contributed by atoms with E-state index in [0.717, 1.165) is 10.2 Å². The first-order valence-electron chi connectivity index (χ1n) is 10.3. The molecule has 4 rings (SSSR count). The quantitative estimate of drug-likeness (QED) is 0.291. The highest BCUT2D eigenvalue weighted by Crippen LogP contribution is 2.38. The molecule has 1 aliphatic carbocycles. The molecule has 0 bridgehead atoms. The number of carboxylic acid groups (broad SMARTS) is 1. The van der Waals surface area contributed by atoms with Gasteiger partial charge in [0.1, 0.15) is 16.9 Å². The largest absolute Gasteiger partial charge is 0.481 e. The average Bonchev–Trinajstić information content (AvgIpc) is 3.29. The minimum Gasteiger partial charge on any atom is -0.481 e. The number of fused-ring (bicyclic) bond motifs is 1. The lowest BCUT2D eigenvalue weighted by Crippen LogP contribution is -2.35. The third kappa shape index (κ3) is 4.51. The molecule has 0 aliphatic heterocycles. The van der Waals surface area contributed by atoms with E-state index in [1.807, 2.05) is 31.2 Å². The van der Waals surface area contributed by atoms with Gasteiger partial charge in [-0.2, -0.15) is 4.98 Å². The molecule has 10 nitrogen and oxygen atoms in total. The average molecular weight is 460 g/mol. The van der Waals surface area contributed by atoms with Crippen molar-refractivity contribution in [3.8, 4) is 10.6 Å². The number of nitrogens with one attached hydrogen (secondary N) is 2. The van der Waals surface area contributed by atoms with Crippen LogP contribution < -0.4 is 10.6 Å². The van der Waals surface area contributed by atoms with Crippen molar-refractivity contribution < 1.29 is 25.2 Å². The zero-order valence-electron chi connectivity index (χ0n) is 17.4. The van der Waals surface area contributed by atoms with Gasteiger partial charge in [-0.25, -0.2) is 9.97 Å². The Morgan fingerprint density at radius 2 is 1.97 bits per heavy atom. The summed E-state index contributed by atoms with van der Waals surface area (Å²) in [4.78, 5) is 24.6. The van der Waals surface area contributed by atoms with Gasteiger partial charge in [-0.3, -0.25) is 4.79 Å². The fraction of sp³-hybridized carbons (Fsp3) is 0.429. The van der Waals surface area contributed by atoms with Crippen LogP contribution in [0.15, 0.2) is 24.3 Å². The van der Waals surface area contributed by atoms with Crippen LogP contribution in [0.25, 0.3) is 20.8 Å². The summed E-state index contributed by atoms with van der Waals surface area (Å²) >= 11 is 1.49. The van der Waals surface area contributed by atoms with Gasteiger partial charge < -0.3 is 31.1 Å². The molecule has 170 valence electrons. The predicted octanol–water partition coefficient (Wildman–Crippen LogP) is 1.46. The number of thiazole rings is 1. The third-order valence-electron chi connectivity index (χ3n) is 5.58. The highest BCUT2D eigenvalue weighted by Gasteiger charge is 2.41. The molecule has 1 saturated carbocycles. The van der Waals surface area contributed by atoms with Crippen molar-refractivity contribution in [2.75, 3.05) is 23.8 Å². The Hall–Kier alpha value is -2.86. The lowest BCUT2D eigenvalue weighted by molar-refractivity contribution is -0.136. The Balaban J connectivity index is 1.71. The van der Waals surface area contributed by atoms with Crippen LogP contribution in [0.4, 0.5) is 11.8 Å². The fourth-order valence-electron chi connectivity index (χ4n) is 3.90. The van der Waals surface area contributed by atoms with Crippen LogP contribution in [0.1, 0.15) is 18.5 Å². The van der Waals surface area contributed by atoms with Crippen molar-refractivity contribution in [2.45, 2.75) is 38.0 Å². The number of para-hydroxylation sites is 1. The molecule has 1 aromatic carbocycles. The van der Waals surface area contributed by atoms with Crippen LogP contribution in [0.5, 0.6) is 0 Å². The molecule has 0 amide bonds. The van der Waals surface area contributed by atoms with E-state index in [2.05, 4.69) is 20.6 Å². The topological polar surface area (TPSA) is 161 Å². The van der Waals surface area contributed by atoms with Crippen molar-refractivity contribution in [3.05, 3.63) is 30.0 Å². The molecule has 6 N–H and O–H groups in total. The van der Waals surface area contributed by atoms with E-state index < -0.39 is 30.1 Å². The fourth-order valence-corrected chi connectivity index (χ4v) is 4.96. The number of rotatable bonds is 8. The lowest BCUT2D eigenvalue weighted by Gasteiger charge is -2.21. The molecule has 3 aromatic rings. The van der Waals surface area contributed by atoms with Crippen LogP contribution in [0.3, 0.4) is 0 Å². The number of aliphatic hydroxyl groups excluding tert-OH is 3. The van der Waals surface area contributed by atoms with Crippen molar-refractivity contribution >= 4 is 39.3 Å². The highest BCUT2D eigenvalue weighted by molar-refractivity contribution is 7.21. The molecule has 4 unspecified atom stereocenters. The Kier molecular flexibility index (Phi) is 6.51. The number of hydrogen-bond acceptors (Lipinski definition) is 10. The van der Waals surface area contributed by atoms with E-state index in [0.29, 0.717) is 28.5 Å². The molecular weight excluding hydrogens is 434 g/mol. The van der Waals surface area contributed by atoms with Gasteiger partial charge >= 0.3 is 5.97 Å². The Labute approximate surface area is 188 Å². The molecule has 4 atom stereocenters. The van der Waals surface area contributed by atoms with E-state index in [-0.39, 0.29) is 25.5 Å². The first kappa shape index (κ1) is 22.3. The van der Waals surface area contributed by atoms with Crippen molar-refractivity contribution in [3.63, 3.8) is 0 Å². The summed E-state index contributed by atoms with van der Waals surface area (Å²) in [6.45, 7) is 1.74. The van der Waals surface area contributed by atoms with Crippen molar-refractivity contribution in [1.82, 2.24) is 15.0 Å². The molecule has 2 aromatic heterocycles. The summed E-state index contributed by atoms with van der Waals surface area (Å²) in [5.41, 5.74) is 2.15. The van der Waals surface area contributed by atoms with E-state index in [9.17, 15) is 20.1 Å². The minimum absolute atomic E-state index is 0.0868. The highest BCUT2D eigenvalue weighted by atomic mass is 32.1. The lowest BCUT2D eigenvalue weighted by atomic mass is 10.1. The molecule has 0 saturated heterocycles. The Bertz CT molecular complexity index is 1090. The summed E-state index contributed by atoms with van der Waals surface area (Å²) < 4.78 is 1.01. The second-order valence-corrected chi connectivity index (χ2v) is 8.85. The van der Waals surface area contributed by atoms with Crippen LogP contribution in [0.2, 0.25) is 0 Å². The molecule has 32 heavy (non-hydrogen) atoms. The number of carboxylic acids is 1. The maximum Gasteiger partial charge on any atom is 0.305 e. The Morgan fingerprint density at radius 3 is 2.66 bits per heavy atom. The summed E-state index contributed by atoms with van der Waals surface area (Å²) in [7, 11) is 0. The molecule has 1 aliphatic rings. The van der Waals surface area contributed by atoms with Gasteiger partial charge in [0.05, 0.1) is 40.0 Å². The summed E-state index contributed by atoms with van der Waals surface area (Å²) in [6, 6.07) is 7.22. The van der Waals surface area contributed by atoms with E-state index in [1.165, 1.54) is 11.3 Å². The first-order valence-corrected chi connectivity index (χ1v) is 11.1. The summed E-state index contributed by atoms with van der Waals surface area (Å²) in [5.74, 6) is -0.701. The van der Waals surface area contributed by atoms with E-state index >= 15 is 0 Å². The van der Waals surface area contributed by atoms with Crippen LogP contribution in [-0.2, 0) is 4.79 Å². The number of benzene rings is 1. The number of nitrogens with zero attached hydrogens (tertiary/aromatic N) is 3. The van der Waals surface area contributed by atoms with Crippen LogP contribution in [0, 0.1) is 12.8 Å². The smallest absolute Gasteiger partial charge is 0.305 e. The maximum atomic E-state index is 10.8. The van der Waals surface area contributed by atoms with Crippen molar-refractivity contribution in [2.24, 2.45) is 5.92 Å². The zero-order chi connectivity index (χ0) is 22.8. The van der Waals surface area contributed by atoms with Gasteiger partial charge in [0.2, 0.25) is 5.95 Å². The van der Waals surface area contributed by atoms with Gasteiger partial charge in [0.25, 0.3) is 0 Å². The van der Waals surface area contributed by atoms with Gasteiger partial charge in [0, 0.05) is 19.1 Å². The van der Waals surface area contributed by atoms with Gasteiger partial charge in [0.15, 0.2) is 0 Å². The number of hydrogen-bond donors (Lipinski definition) is 6. The molecular formula is C21H25N5O5S. The number of anilines is 2.